The molecule has 0 aromatic carbocycles. The van der Waals surface area contributed by atoms with Crippen molar-refractivity contribution in [3.8, 4) is 0 Å². The Balaban J connectivity index is 1.78. The van der Waals surface area contributed by atoms with Gasteiger partial charge in [-0.3, -0.25) is 14.7 Å². The smallest absolute Gasteiger partial charge is 0.317 e. The van der Waals surface area contributed by atoms with Crippen molar-refractivity contribution < 1.29 is 9.59 Å². The number of amides is 3. The van der Waals surface area contributed by atoms with E-state index in [0.717, 1.165) is 25.3 Å². The number of pyridine rings is 1. The summed E-state index contributed by atoms with van der Waals surface area (Å²) in [6.07, 6.45) is 2.30. The Morgan fingerprint density at radius 3 is 2.69 bits per heavy atom. The number of likely N-dealkylation sites (tertiary alicyclic amines) is 1. The van der Waals surface area contributed by atoms with Crippen LogP contribution in [-0.2, 0) is 11.3 Å². The lowest BCUT2D eigenvalue weighted by Gasteiger charge is -2.33. The number of nitrogens with one attached hydrogen (secondary N) is 1. The molecule has 0 radical (unpaired) electrons. The fourth-order valence-corrected chi connectivity index (χ4v) is 4.03. The minimum Gasteiger partial charge on any atom is -0.345 e. The van der Waals surface area contributed by atoms with Crippen LogP contribution >= 0.6 is 0 Å². The number of carbonyl (C=O) groups is 2. The van der Waals surface area contributed by atoms with E-state index in [1.807, 2.05) is 44.0 Å². The van der Waals surface area contributed by atoms with Crippen LogP contribution in [-0.4, -0.2) is 77.4 Å². The average molecular weight is 359 g/mol. The molecule has 2 aliphatic heterocycles. The summed E-state index contributed by atoms with van der Waals surface area (Å²) in [6.45, 7) is 8.20. The first kappa shape index (κ1) is 18.6. The highest BCUT2D eigenvalue weighted by Crippen LogP contribution is 2.34. The van der Waals surface area contributed by atoms with Gasteiger partial charge in [0.15, 0.2) is 0 Å². The summed E-state index contributed by atoms with van der Waals surface area (Å²) in [5, 5.41) is 2.99. The maximum absolute atomic E-state index is 12.6. The molecule has 1 aromatic rings. The van der Waals surface area contributed by atoms with Crippen LogP contribution < -0.4 is 5.32 Å². The summed E-state index contributed by atoms with van der Waals surface area (Å²) in [6, 6.07) is 5.98. The van der Waals surface area contributed by atoms with Crippen LogP contribution in [0.5, 0.6) is 0 Å². The second kappa shape index (κ2) is 7.61. The predicted molar refractivity (Wildman–Crippen MR) is 99.4 cm³/mol. The van der Waals surface area contributed by atoms with E-state index in [4.69, 9.17) is 0 Å². The first-order valence-corrected chi connectivity index (χ1v) is 9.29. The standard InChI is InChI=1S/C19H29N5O2/c1-15(2)21-18(26)24-9-8-23(11-16-6-4-5-7-20-16)13-19(14-24)10-17(25)22(3)12-19/h4-7,15H,8-14H2,1-3H3,(H,21,26)/t19-/m1/s1. The summed E-state index contributed by atoms with van der Waals surface area (Å²) in [7, 11) is 1.85. The van der Waals surface area contributed by atoms with Gasteiger partial charge in [0.05, 0.1) is 5.69 Å². The molecule has 0 bridgehead atoms. The van der Waals surface area contributed by atoms with Crippen LogP contribution in [0.3, 0.4) is 0 Å². The summed E-state index contributed by atoms with van der Waals surface area (Å²) in [5.74, 6) is 0.161. The molecule has 0 saturated carbocycles. The zero-order valence-corrected chi connectivity index (χ0v) is 15.9. The van der Waals surface area contributed by atoms with Gasteiger partial charge in [-0.1, -0.05) is 6.07 Å². The molecule has 0 aliphatic carbocycles. The second-order valence-corrected chi connectivity index (χ2v) is 7.98. The lowest BCUT2D eigenvalue weighted by Crippen LogP contribution is -2.48. The maximum atomic E-state index is 12.6. The molecule has 3 heterocycles. The Morgan fingerprint density at radius 1 is 1.27 bits per heavy atom. The SMILES string of the molecule is CC(C)NC(=O)N1CCN(Cc2ccccn2)C[C@]2(CC(=O)N(C)C2)C1. The van der Waals surface area contributed by atoms with E-state index >= 15 is 0 Å². The van der Waals surface area contributed by atoms with E-state index in [-0.39, 0.29) is 23.4 Å². The van der Waals surface area contributed by atoms with Crippen molar-refractivity contribution in [3.05, 3.63) is 30.1 Å². The van der Waals surface area contributed by atoms with E-state index < -0.39 is 0 Å². The van der Waals surface area contributed by atoms with E-state index in [1.54, 1.807) is 11.1 Å². The van der Waals surface area contributed by atoms with Gasteiger partial charge in [0.2, 0.25) is 5.91 Å². The Bertz CT molecular complexity index is 651. The van der Waals surface area contributed by atoms with Gasteiger partial charge in [-0.25, -0.2) is 4.79 Å². The fraction of sp³-hybridized carbons (Fsp3) is 0.632. The molecular weight excluding hydrogens is 330 g/mol. The van der Waals surface area contributed by atoms with E-state index in [1.165, 1.54) is 0 Å². The molecule has 3 rings (SSSR count). The van der Waals surface area contributed by atoms with Crippen LogP contribution in [0.2, 0.25) is 0 Å². The average Bonchev–Trinajstić information content (AvgIpc) is 2.74. The van der Waals surface area contributed by atoms with Crippen LogP contribution in [0.4, 0.5) is 4.79 Å². The third kappa shape index (κ3) is 4.33. The topological polar surface area (TPSA) is 68.8 Å². The second-order valence-electron chi connectivity index (χ2n) is 7.98. The lowest BCUT2D eigenvalue weighted by molar-refractivity contribution is -0.126. The summed E-state index contributed by atoms with van der Waals surface area (Å²) < 4.78 is 0. The van der Waals surface area contributed by atoms with Gasteiger partial charge in [0.1, 0.15) is 0 Å². The van der Waals surface area contributed by atoms with Gasteiger partial charge in [0.25, 0.3) is 0 Å². The molecule has 1 aromatic heterocycles. The number of hydrogen-bond acceptors (Lipinski definition) is 4. The van der Waals surface area contributed by atoms with Crippen LogP contribution in [0.1, 0.15) is 26.0 Å². The molecule has 1 N–H and O–H groups in total. The van der Waals surface area contributed by atoms with Crippen molar-refractivity contribution in [2.75, 3.05) is 39.8 Å². The summed E-state index contributed by atoms with van der Waals surface area (Å²) >= 11 is 0. The minimum atomic E-state index is -0.217. The number of nitrogens with zero attached hydrogens (tertiary/aromatic N) is 4. The van der Waals surface area contributed by atoms with Gasteiger partial charge < -0.3 is 15.1 Å². The molecule has 2 fully saturated rings. The summed E-state index contributed by atoms with van der Waals surface area (Å²) in [5.41, 5.74) is 0.797. The third-order valence-electron chi connectivity index (χ3n) is 5.11. The minimum absolute atomic E-state index is 0.0407. The quantitative estimate of drug-likeness (QED) is 0.880. The first-order valence-electron chi connectivity index (χ1n) is 9.29. The van der Waals surface area contributed by atoms with Crippen LogP contribution in [0, 0.1) is 5.41 Å². The van der Waals surface area contributed by atoms with Crippen molar-refractivity contribution in [1.29, 1.82) is 0 Å². The van der Waals surface area contributed by atoms with Gasteiger partial charge in [-0.2, -0.15) is 0 Å². The largest absolute Gasteiger partial charge is 0.345 e. The summed E-state index contributed by atoms with van der Waals surface area (Å²) in [4.78, 5) is 35.3. The normalized spacial score (nSPS) is 24.4. The Morgan fingerprint density at radius 2 is 2.08 bits per heavy atom. The Labute approximate surface area is 155 Å². The number of rotatable bonds is 3. The zero-order valence-electron chi connectivity index (χ0n) is 15.9. The molecule has 3 amide bonds. The molecule has 2 saturated heterocycles. The van der Waals surface area contributed by atoms with Crippen molar-refractivity contribution in [3.63, 3.8) is 0 Å². The van der Waals surface area contributed by atoms with E-state index in [0.29, 0.717) is 26.1 Å². The van der Waals surface area contributed by atoms with Crippen molar-refractivity contribution >= 4 is 11.9 Å². The van der Waals surface area contributed by atoms with Crippen LogP contribution in [0.15, 0.2) is 24.4 Å². The molecule has 2 aliphatic rings. The molecule has 7 heteroatoms. The monoisotopic (exact) mass is 359 g/mol. The van der Waals surface area contributed by atoms with Gasteiger partial charge in [0, 0.05) is 70.4 Å². The predicted octanol–water partition coefficient (Wildman–Crippen LogP) is 1.17. The highest BCUT2D eigenvalue weighted by molar-refractivity contribution is 5.80. The van der Waals surface area contributed by atoms with Gasteiger partial charge in [-0.15, -0.1) is 0 Å². The molecule has 142 valence electrons. The molecule has 0 unspecified atom stereocenters. The number of aromatic nitrogens is 1. The Hall–Kier alpha value is -2.15. The Kier molecular flexibility index (Phi) is 5.46. The van der Waals surface area contributed by atoms with Crippen LogP contribution in [0.25, 0.3) is 0 Å². The highest BCUT2D eigenvalue weighted by atomic mass is 16.2. The highest BCUT2D eigenvalue weighted by Gasteiger charge is 2.46. The van der Waals surface area contributed by atoms with Crippen molar-refractivity contribution in [2.24, 2.45) is 5.41 Å². The van der Waals surface area contributed by atoms with Crippen molar-refractivity contribution in [2.45, 2.75) is 32.9 Å². The first-order chi connectivity index (χ1) is 12.4. The zero-order chi connectivity index (χ0) is 18.7. The molecule has 1 atom stereocenters. The third-order valence-corrected chi connectivity index (χ3v) is 5.11. The number of hydrogen-bond donors (Lipinski definition) is 1. The van der Waals surface area contributed by atoms with Gasteiger partial charge in [-0.05, 0) is 26.0 Å². The molecule has 1 spiro atoms. The molecular formula is C19H29N5O2. The maximum Gasteiger partial charge on any atom is 0.317 e. The van der Waals surface area contributed by atoms with E-state index in [9.17, 15) is 9.59 Å². The lowest BCUT2D eigenvalue weighted by atomic mass is 9.86. The van der Waals surface area contributed by atoms with Crippen molar-refractivity contribution in [1.82, 2.24) is 25.0 Å². The molecule has 26 heavy (non-hydrogen) atoms. The van der Waals surface area contributed by atoms with E-state index in [2.05, 4.69) is 15.2 Å². The number of urea groups is 1. The van der Waals surface area contributed by atoms with Gasteiger partial charge >= 0.3 is 6.03 Å². The molecule has 7 nitrogen and oxygen atoms in total. The fourth-order valence-electron chi connectivity index (χ4n) is 4.03. The number of carbonyl (C=O) groups excluding carboxylic acids is 2.